The van der Waals surface area contributed by atoms with Crippen LogP contribution < -0.4 is 10.6 Å². The fraction of sp³-hybridized carbons (Fsp3) is 0.400. The van der Waals surface area contributed by atoms with E-state index in [0.717, 1.165) is 75.2 Å². The predicted octanol–water partition coefficient (Wildman–Crippen LogP) is 3.94. The van der Waals surface area contributed by atoms with E-state index in [9.17, 15) is 4.79 Å². The van der Waals surface area contributed by atoms with Crippen molar-refractivity contribution in [2.45, 2.75) is 25.4 Å². The Morgan fingerprint density at radius 2 is 1.78 bits per heavy atom. The predicted molar refractivity (Wildman–Crippen MR) is 130 cm³/mol. The van der Waals surface area contributed by atoms with Crippen molar-refractivity contribution in [2.24, 2.45) is 0 Å². The maximum Gasteiger partial charge on any atom is 0.270 e. The van der Waals surface area contributed by atoms with Crippen LogP contribution in [0.5, 0.6) is 0 Å². The number of piperidine rings is 1. The standard InChI is InChI=1S/C25H30ClN5O/c26-20-14-19-15-23(29-24(19)22(16-20)28-21-6-8-27-9-7-21)25(32)31-12-10-30(11-13-31)17-18-4-2-1-3-5-18/h1-5,14-16,21,27-29H,6-13,17H2. The molecule has 6 nitrogen and oxygen atoms in total. The molecule has 3 aromatic rings. The summed E-state index contributed by atoms with van der Waals surface area (Å²) >= 11 is 6.39. The van der Waals surface area contributed by atoms with Crippen LogP contribution >= 0.6 is 11.6 Å². The molecular weight excluding hydrogens is 422 g/mol. The van der Waals surface area contributed by atoms with E-state index >= 15 is 0 Å². The minimum Gasteiger partial charge on any atom is -0.380 e. The molecule has 0 bridgehead atoms. The lowest BCUT2D eigenvalue weighted by atomic mass is 10.1. The van der Waals surface area contributed by atoms with Gasteiger partial charge in [-0.05, 0) is 49.7 Å². The first-order valence-corrected chi connectivity index (χ1v) is 11.9. The van der Waals surface area contributed by atoms with Crippen LogP contribution in [0.3, 0.4) is 0 Å². The molecule has 2 fully saturated rings. The molecule has 3 N–H and O–H groups in total. The minimum absolute atomic E-state index is 0.0597. The van der Waals surface area contributed by atoms with Crippen molar-refractivity contribution in [3.8, 4) is 0 Å². The van der Waals surface area contributed by atoms with Gasteiger partial charge < -0.3 is 20.5 Å². The molecule has 3 heterocycles. The largest absolute Gasteiger partial charge is 0.380 e. The van der Waals surface area contributed by atoms with Gasteiger partial charge in [0.1, 0.15) is 5.69 Å². The number of aromatic nitrogens is 1. The lowest BCUT2D eigenvalue weighted by molar-refractivity contribution is 0.0623. The molecule has 2 aliphatic rings. The smallest absolute Gasteiger partial charge is 0.270 e. The Hall–Kier alpha value is -2.54. The first kappa shape index (κ1) is 21.3. The first-order valence-electron chi connectivity index (χ1n) is 11.5. The second-order valence-corrected chi connectivity index (χ2v) is 9.26. The quantitative estimate of drug-likeness (QED) is 0.549. The van der Waals surface area contributed by atoms with Crippen LogP contribution in [0.15, 0.2) is 48.5 Å². The average Bonchev–Trinajstić information content (AvgIpc) is 3.25. The number of nitrogens with one attached hydrogen (secondary N) is 3. The number of piperazine rings is 1. The van der Waals surface area contributed by atoms with Gasteiger partial charge in [0.15, 0.2) is 0 Å². The highest BCUT2D eigenvalue weighted by Gasteiger charge is 2.24. The molecule has 5 rings (SSSR count). The van der Waals surface area contributed by atoms with Crippen LogP contribution in [-0.2, 0) is 6.54 Å². The number of benzene rings is 2. The first-order chi connectivity index (χ1) is 15.7. The molecule has 2 aliphatic heterocycles. The van der Waals surface area contributed by atoms with Gasteiger partial charge in [-0.1, -0.05) is 41.9 Å². The van der Waals surface area contributed by atoms with Crippen molar-refractivity contribution in [3.05, 3.63) is 64.8 Å². The summed E-state index contributed by atoms with van der Waals surface area (Å²) in [6, 6.07) is 16.7. The molecular formula is C25H30ClN5O. The SMILES string of the molecule is O=C(c1cc2cc(Cl)cc(NC3CCNCC3)c2[nH]1)N1CCN(Cc2ccccc2)CC1. The van der Waals surface area contributed by atoms with E-state index in [1.54, 1.807) is 0 Å². The Kier molecular flexibility index (Phi) is 6.35. The second kappa shape index (κ2) is 9.53. The molecule has 32 heavy (non-hydrogen) atoms. The Bertz CT molecular complexity index is 1070. The van der Waals surface area contributed by atoms with Crippen molar-refractivity contribution in [3.63, 3.8) is 0 Å². The normalized spacial score (nSPS) is 18.2. The summed E-state index contributed by atoms with van der Waals surface area (Å²) in [5.41, 5.74) is 3.88. The molecule has 0 saturated carbocycles. The van der Waals surface area contributed by atoms with E-state index in [0.29, 0.717) is 16.8 Å². The number of hydrogen-bond donors (Lipinski definition) is 3. The average molecular weight is 452 g/mol. The minimum atomic E-state index is 0.0597. The van der Waals surface area contributed by atoms with Gasteiger partial charge in [0.05, 0.1) is 11.2 Å². The number of aromatic amines is 1. The van der Waals surface area contributed by atoms with E-state index in [2.05, 4.69) is 44.8 Å². The molecule has 0 aliphatic carbocycles. The number of amides is 1. The number of fused-ring (bicyclic) bond motifs is 1. The third-order valence-corrected chi connectivity index (χ3v) is 6.75. The van der Waals surface area contributed by atoms with Crippen LogP contribution in [0, 0.1) is 0 Å². The summed E-state index contributed by atoms with van der Waals surface area (Å²) in [6.07, 6.45) is 2.15. The summed E-state index contributed by atoms with van der Waals surface area (Å²) < 4.78 is 0. The molecule has 0 radical (unpaired) electrons. The van der Waals surface area contributed by atoms with Gasteiger partial charge >= 0.3 is 0 Å². The number of carbonyl (C=O) groups excluding carboxylic acids is 1. The molecule has 0 atom stereocenters. The molecule has 1 aromatic heterocycles. The van der Waals surface area contributed by atoms with Crippen molar-refractivity contribution >= 4 is 34.1 Å². The lowest BCUT2D eigenvalue weighted by Gasteiger charge is -2.34. The molecule has 2 aromatic carbocycles. The highest BCUT2D eigenvalue weighted by molar-refractivity contribution is 6.32. The van der Waals surface area contributed by atoms with Gasteiger partial charge in [0.25, 0.3) is 5.91 Å². The number of hydrogen-bond acceptors (Lipinski definition) is 4. The van der Waals surface area contributed by atoms with Gasteiger partial charge in [-0.3, -0.25) is 9.69 Å². The molecule has 168 valence electrons. The topological polar surface area (TPSA) is 63.4 Å². The summed E-state index contributed by atoms with van der Waals surface area (Å²) in [5, 5.41) is 8.69. The number of H-pyrrole nitrogens is 1. The molecule has 2 saturated heterocycles. The Labute approximate surface area is 193 Å². The number of carbonyl (C=O) groups is 1. The highest BCUT2D eigenvalue weighted by atomic mass is 35.5. The van der Waals surface area contributed by atoms with Gasteiger partial charge in [-0.15, -0.1) is 0 Å². The van der Waals surface area contributed by atoms with Crippen LogP contribution in [-0.4, -0.2) is 66.0 Å². The zero-order valence-electron chi connectivity index (χ0n) is 18.2. The fourth-order valence-corrected chi connectivity index (χ4v) is 4.97. The summed E-state index contributed by atoms with van der Waals surface area (Å²) in [4.78, 5) is 21.0. The fourth-order valence-electron chi connectivity index (χ4n) is 4.74. The van der Waals surface area contributed by atoms with E-state index in [1.165, 1.54) is 5.56 Å². The zero-order chi connectivity index (χ0) is 21.9. The number of halogens is 1. The van der Waals surface area contributed by atoms with E-state index in [-0.39, 0.29) is 5.91 Å². The highest BCUT2D eigenvalue weighted by Crippen LogP contribution is 2.30. The van der Waals surface area contributed by atoms with Crippen molar-refractivity contribution in [1.82, 2.24) is 20.1 Å². The summed E-state index contributed by atoms with van der Waals surface area (Å²) in [5.74, 6) is 0.0597. The Morgan fingerprint density at radius 1 is 1.03 bits per heavy atom. The zero-order valence-corrected chi connectivity index (χ0v) is 19.0. The third-order valence-electron chi connectivity index (χ3n) is 6.53. The summed E-state index contributed by atoms with van der Waals surface area (Å²) in [7, 11) is 0. The lowest BCUT2D eigenvalue weighted by Crippen LogP contribution is -2.48. The van der Waals surface area contributed by atoms with Crippen LogP contribution in [0.25, 0.3) is 10.9 Å². The molecule has 0 unspecified atom stereocenters. The van der Waals surface area contributed by atoms with Gasteiger partial charge in [-0.2, -0.15) is 0 Å². The maximum atomic E-state index is 13.2. The number of nitrogens with zero attached hydrogens (tertiary/aromatic N) is 2. The van der Waals surface area contributed by atoms with Crippen molar-refractivity contribution < 1.29 is 4.79 Å². The Morgan fingerprint density at radius 3 is 2.53 bits per heavy atom. The van der Waals surface area contributed by atoms with Crippen molar-refractivity contribution in [2.75, 3.05) is 44.6 Å². The molecule has 7 heteroatoms. The van der Waals surface area contributed by atoms with Crippen molar-refractivity contribution in [1.29, 1.82) is 0 Å². The molecule has 1 amide bonds. The van der Waals surface area contributed by atoms with Crippen LogP contribution in [0.1, 0.15) is 28.9 Å². The maximum absolute atomic E-state index is 13.2. The van der Waals surface area contributed by atoms with E-state index < -0.39 is 0 Å². The van der Waals surface area contributed by atoms with Gasteiger partial charge in [-0.25, -0.2) is 0 Å². The molecule has 0 spiro atoms. The summed E-state index contributed by atoms with van der Waals surface area (Å²) in [6.45, 7) is 6.21. The van der Waals surface area contributed by atoms with Crippen LogP contribution in [0.2, 0.25) is 5.02 Å². The van der Waals surface area contributed by atoms with Crippen LogP contribution in [0.4, 0.5) is 5.69 Å². The third kappa shape index (κ3) is 4.77. The van der Waals surface area contributed by atoms with Gasteiger partial charge in [0.2, 0.25) is 0 Å². The number of anilines is 1. The Balaban J connectivity index is 1.27. The van der Waals surface area contributed by atoms with E-state index in [1.807, 2.05) is 29.2 Å². The second-order valence-electron chi connectivity index (χ2n) is 8.82. The van der Waals surface area contributed by atoms with Gasteiger partial charge in [0, 0.05) is 49.2 Å². The van der Waals surface area contributed by atoms with E-state index in [4.69, 9.17) is 11.6 Å². The monoisotopic (exact) mass is 451 g/mol. The number of rotatable bonds is 5.